The molecule has 0 aliphatic rings. The summed E-state index contributed by atoms with van der Waals surface area (Å²) in [5.74, 6) is -0.956. The Morgan fingerprint density at radius 2 is 2.12 bits per heavy atom. The predicted molar refractivity (Wildman–Crippen MR) is 66.5 cm³/mol. The molecule has 0 radical (unpaired) electrons. The maximum atomic E-state index is 10.3. The van der Waals surface area contributed by atoms with Crippen molar-refractivity contribution in [3.63, 3.8) is 0 Å². The third-order valence-electron chi connectivity index (χ3n) is 1.98. The lowest BCUT2D eigenvalue weighted by Gasteiger charge is -2.17. The van der Waals surface area contributed by atoms with Crippen LogP contribution in [0.3, 0.4) is 0 Å². The fourth-order valence-corrected chi connectivity index (χ4v) is 1.43. The van der Waals surface area contributed by atoms with Gasteiger partial charge in [0.15, 0.2) is 0 Å². The Morgan fingerprint density at radius 3 is 2.69 bits per heavy atom. The highest BCUT2D eigenvalue weighted by Crippen LogP contribution is 2.26. The minimum Gasteiger partial charge on any atom is -0.478 e. The number of rotatable bonds is 4. The van der Waals surface area contributed by atoms with E-state index in [1.54, 1.807) is 18.2 Å². The van der Waals surface area contributed by atoms with E-state index in [-0.39, 0.29) is 0 Å². The van der Waals surface area contributed by atoms with Gasteiger partial charge in [0, 0.05) is 25.4 Å². The van der Waals surface area contributed by atoms with E-state index >= 15 is 0 Å². The molecule has 0 aliphatic heterocycles. The summed E-state index contributed by atoms with van der Waals surface area (Å²) in [6.45, 7) is 0.490. The first kappa shape index (κ1) is 12.9. The number of hydrogen-bond acceptors (Lipinski definition) is 2. The van der Waals surface area contributed by atoms with E-state index < -0.39 is 5.97 Å². The molecule has 0 unspecified atom stereocenters. The summed E-state index contributed by atoms with van der Waals surface area (Å²) in [4.78, 5) is 12.1. The van der Waals surface area contributed by atoms with Crippen molar-refractivity contribution in [2.45, 2.75) is 0 Å². The van der Waals surface area contributed by atoms with E-state index in [0.29, 0.717) is 16.6 Å². The largest absolute Gasteiger partial charge is 0.478 e. The molecule has 0 aliphatic carbocycles. The minimum atomic E-state index is -0.956. The molecule has 0 atom stereocenters. The summed E-state index contributed by atoms with van der Waals surface area (Å²) in [6.07, 6.45) is 2.67. The van der Waals surface area contributed by atoms with Gasteiger partial charge in [0.05, 0.1) is 10.0 Å². The first-order valence-electron chi connectivity index (χ1n) is 4.56. The molecule has 1 N–H and O–H groups in total. The quantitative estimate of drug-likeness (QED) is 0.846. The normalized spacial score (nSPS) is 10.7. The molecule has 0 saturated heterocycles. The summed E-state index contributed by atoms with van der Waals surface area (Å²) in [6, 6.07) is 5.26. The zero-order valence-corrected chi connectivity index (χ0v) is 10.2. The Balaban J connectivity index is 2.69. The van der Waals surface area contributed by atoms with Crippen LogP contribution in [0.15, 0.2) is 30.4 Å². The van der Waals surface area contributed by atoms with Crippen LogP contribution >= 0.6 is 23.2 Å². The smallest absolute Gasteiger partial charge is 0.328 e. The lowest BCUT2D eigenvalue weighted by Crippen LogP contribution is -2.16. The van der Waals surface area contributed by atoms with Crippen molar-refractivity contribution in [3.8, 4) is 0 Å². The van der Waals surface area contributed by atoms with Gasteiger partial charge in [-0.25, -0.2) is 4.79 Å². The number of carboxylic acids is 1. The number of aliphatic carboxylic acids is 1. The second kappa shape index (κ2) is 5.77. The van der Waals surface area contributed by atoms with E-state index in [2.05, 4.69) is 0 Å². The molecule has 3 nitrogen and oxygen atoms in total. The average molecular weight is 260 g/mol. The number of carbonyl (C=O) groups is 1. The van der Waals surface area contributed by atoms with Crippen LogP contribution in [0.4, 0.5) is 5.69 Å². The van der Waals surface area contributed by atoms with Gasteiger partial charge in [0.25, 0.3) is 0 Å². The van der Waals surface area contributed by atoms with E-state index in [4.69, 9.17) is 28.3 Å². The number of benzene rings is 1. The van der Waals surface area contributed by atoms with Gasteiger partial charge in [-0.05, 0) is 18.2 Å². The summed E-state index contributed by atoms with van der Waals surface area (Å²) in [5.41, 5.74) is 0.879. The summed E-state index contributed by atoms with van der Waals surface area (Å²) >= 11 is 11.7. The third-order valence-corrected chi connectivity index (χ3v) is 2.72. The van der Waals surface area contributed by atoms with Gasteiger partial charge >= 0.3 is 5.97 Å². The Labute approximate surface area is 104 Å². The second-order valence-electron chi connectivity index (χ2n) is 3.22. The molecule has 1 rings (SSSR count). The molecule has 0 spiro atoms. The number of carboxylic acid groups (broad SMARTS) is 1. The molecule has 0 aromatic heterocycles. The highest BCUT2D eigenvalue weighted by atomic mass is 35.5. The molecule has 5 heteroatoms. The van der Waals surface area contributed by atoms with Crippen molar-refractivity contribution in [1.29, 1.82) is 0 Å². The van der Waals surface area contributed by atoms with Gasteiger partial charge in [0.1, 0.15) is 0 Å². The highest BCUT2D eigenvalue weighted by molar-refractivity contribution is 6.42. The van der Waals surface area contributed by atoms with Gasteiger partial charge in [0.2, 0.25) is 0 Å². The second-order valence-corrected chi connectivity index (χ2v) is 4.03. The zero-order valence-electron chi connectivity index (χ0n) is 8.65. The lowest BCUT2D eigenvalue weighted by atomic mass is 10.3. The Bertz CT molecular complexity index is 418. The number of likely N-dealkylation sites (N-methyl/N-ethyl adjacent to an activating group) is 1. The molecule has 0 heterocycles. The summed E-state index contributed by atoms with van der Waals surface area (Å²) in [5, 5.41) is 9.41. The monoisotopic (exact) mass is 259 g/mol. The standard InChI is InChI=1S/C11H11Cl2NO2/c1-14(6-2-3-11(15)16)8-4-5-9(12)10(13)7-8/h2-5,7H,6H2,1H3,(H,15,16)/b3-2+. The van der Waals surface area contributed by atoms with Crippen molar-refractivity contribution in [1.82, 2.24) is 0 Å². The van der Waals surface area contributed by atoms with Crippen LogP contribution in [-0.2, 0) is 4.79 Å². The van der Waals surface area contributed by atoms with Gasteiger partial charge in [-0.2, -0.15) is 0 Å². The SMILES string of the molecule is CN(C/C=C/C(=O)O)c1ccc(Cl)c(Cl)c1. The maximum absolute atomic E-state index is 10.3. The molecular formula is C11H11Cl2NO2. The first-order valence-corrected chi connectivity index (χ1v) is 5.32. The number of halogens is 2. The molecule has 0 fully saturated rings. The van der Waals surface area contributed by atoms with Crippen molar-refractivity contribution in [3.05, 3.63) is 40.4 Å². The maximum Gasteiger partial charge on any atom is 0.328 e. The average Bonchev–Trinajstić information content (AvgIpc) is 2.21. The molecule has 86 valence electrons. The number of hydrogen-bond donors (Lipinski definition) is 1. The summed E-state index contributed by atoms with van der Waals surface area (Å²) in [7, 11) is 1.84. The van der Waals surface area contributed by atoms with Crippen LogP contribution in [0, 0.1) is 0 Å². The molecule has 1 aromatic rings. The van der Waals surface area contributed by atoms with E-state index in [0.717, 1.165) is 11.8 Å². The van der Waals surface area contributed by atoms with Crippen molar-refractivity contribution in [2.75, 3.05) is 18.5 Å². The van der Waals surface area contributed by atoms with Crippen LogP contribution in [0.1, 0.15) is 0 Å². The molecule has 1 aromatic carbocycles. The molecule has 0 amide bonds. The predicted octanol–water partition coefficient (Wildman–Crippen LogP) is 3.07. The van der Waals surface area contributed by atoms with E-state index in [9.17, 15) is 4.79 Å². The topological polar surface area (TPSA) is 40.5 Å². The van der Waals surface area contributed by atoms with Gasteiger partial charge in [-0.3, -0.25) is 0 Å². The third kappa shape index (κ3) is 3.76. The molecular weight excluding hydrogens is 249 g/mol. The van der Waals surface area contributed by atoms with Crippen LogP contribution in [0.25, 0.3) is 0 Å². The van der Waals surface area contributed by atoms with Crippen molar-refractivity contribution in [2.24, 2.45) is 0 Å². The first-order chi connectivity index (χ1) is 7.50. The summed E-state index contributed by atoms with van der Waals surface area (Å²) < 4.78 is 0. The highest BCUT2D eigenvalue weighted by Gasteiger charge is 2.02. The van der Waals surface area contributed by atoms with Crippen molar-refractivity contribution < 1.29 is 9.90 Å². The zero-order chi connectivity index (χ0) is 12.1. The van der Waals surface area contributed by atoms with E-state index in [1.807, 2.05) is 18.0 Å². The Hall–Kier alpha value is -1.19. The van der Waals surface area contributed by atoms with Crippen LogP contribution in [0.2, 0.25) is 10.0 Å². The van der Waals surface area contributed by atoms with Crippen LogP contribution in [0.5, 0.6) is 0 Å². The van der Waals surface area contributed by atoms with Gasteiger partial charge in [-0.15, -0.1) is 0 Å². The fourth-order valence-electron chi connectivity index (χ4n) is 1.14. The lowest BCUT2D eigenvalue weighted by molar-refractivity contribution is -0.131. The number of anilines is 1. The molecule has 0 saturated carbocycles. The fraction of sp³-hybridized carbons (Fsp3) is 0.182. The van der Waals surface area contributed by atoms with Crippen molar-refractivity contribution >= 4 is 34.9 Å². The van der Waals surface area contributed by atoms with Crippen LogP contribution < -0.4 is 4.90 Å². The Kier molecular flexibility index (Phi) is 4.65. The van der Waals surface area contributed by atoms with Crippen LogP contribution in [-0.4, -0.2) is 24.7 Å². The molecule has 0 bridgehead atoms. The van der Waals surface area contributed by atoms with Gasteiger partial charge < -0.3 is 10.0 Å². The van der Waals surface area contributed by atoms with Gasteiger partial charge in [-0.1, -0.05) is 29.3 Å². The minimum absolute atomic E-state index is 0.480. The number of nitrogens with zero attached hydrogens (tertiary/aromatic N) is 1. The molecule has 16 heavy (non-hydrogen) atoms. The Morgan fingerprint density at radius 1 is 1.44 bits per heavy atom. The van der Waals surface area contributed by atoms with E-state index in [1.165, 1.54) is 0 Å².